The average molecular weight is 337 g/mol. The molecule has 0 saturated heterocycles. The number of benzene rings is 1. The first-order valence-electron chi connectivity index (χ1n) is 7.53. The summed E-state index contributed by atoms with van der Waals surface area (Å²) < 4.78 is 4.98. The third-order valence-electron chi connectivity index (χ3n) is 2.96. The summed E-state index contributed by atoms with van der Waals surface area (Å²) in [7, 11) is 0. The predicted molar refractivity (Wildman–Crippen MR) is 91.0 cm³/mol. The number of amides is 1. The third-order valence-corrected chi connectivity index (χ3v) is 3.93. The van der Waals surface area contributed by atoms with Gasteiger partial charge < -0.3 is 10.1 Å². The van der Waals surface area contributed by atoms with Gasteiger partial charge in [-0.25, -0.2) is 0 Å². The molecule has 1 N–H and O–H groups in total. The van der Waals surface area contributed by atoms with Crippen molar-refractivity contribution in [3.8, 4) is 0 Å². The fraction of sp³-hybridized carbons (Fsp3) is 0.471. The van der Waals surface area contributed by atoms with E-state index in [1.807, 2.05) is 30.3 Å². The number of ether oxygens (including phenoxy) is 1. The molecule has 1 amide bonds. The summed E-state index contributed by atoms with van der Waals surface area (Å²) in [5, 5.41) is 2.56. The summed E-state index contributed by atoms with van der Waals surface area (Å²) in [6, 6.07) is 9.59. The number of carbonyl (C=O) groups excluding carboxylic acids is 3. The van der Waals surface area contributed by atoms with Crippen LogP contribution in [-0.4, -0.2) is 35.4 Å². The molecule has 0 aliphatic carbocycles. The molecular weight excluding hydrogens is 314 g/mol. The summed E-state index contributed by atoms with van der Waals surface area (Å²) in [6.07, 6.45) is 0.305. The van der Waals surface area contributed by atoms with Crippen LogP contribution < -0.4 is 5.32 Å². The second-order valence-corrected chi connectivity index (χ2v) is 6.64. The zero-order valence-corrected chi connectivity index (χ0v) is 14.5. The fourth-order valence-corrected chi connectivity index (χ4v) is 2.66. The van der Waals surface area contributed by atoms with Crippen molar-refractivity contribution in [3.63, 3.8) is 0 Å². The molecule has 5 nitrogen and oxygen atoms in total. The lowest BCUT2D eigenvalue weighted by atomic mass is 10.0. The summed E-state index contributed by atoms with van der Waals surface area (Å²) in [6.45, 7) is 4.82. The highest BCUT2D eigenvalue weighted by Gasteiger charge is 2.21. The maximum atomic E-state index is 12.3. The highest BCUT2D eigenvalue weighted by atomic mass is 32.2. The second kappa shape index (κ2) is 10.0. The largest absolute Gasteiger partial charge is 0.462 e. The highest BCUT2D eigenvalue weighted by molar-refractivity contribution is 8.13. The minimum atomic E-state index is -0.467. The zero-order chi connectivity index (χ0) is 17.2. The van der Waals surface area contributed by atoms with E-state index in [0.717, 1.165) is 17.3 Å². The van der Waals surface area contributed by atoms with E-state index in [-0.39, 0.29) is 29.6 Å². The van der Waals surface area contributed by atoms with Gasteiger partial charge in [0.05, 0.1) is 12.0 Å². The molecule has 0 aliphatic rings. The molecule has 0 heterocycles. The van der Waals surface area contributed by atoms with E-state index in [4.69, 9.17) is 4.74 Å². The molecule has 1 aromatic carbocycles. The van der Waals surface area contributed by atoms with E-state index in [9.17, 15) is 14.4 Å². The van der Waals surface area contributed by atoms with Crippen LogP contribution in [0.3, 0.4) is 0 Å². The van der Waals surface area contributed by atoms with Crippen LogP contribution in [-0.2, 0) is 25.5 Å². The van der Waals surface area contributed by atoms with Crippen LogP contribution in [0.2, 0.25) is 0 Å². The van der Waals surface area contributed by atoms with E-state index in [0.29, 0.717) is 12.2 Å². The first-order valence-corrected chi connectivity index (χ1v) is 8.51. The molecule has 6 heteroatoms. The Bertz CT molecular complexity index is 531. The Morgan fingerprint density at radius 3 is 2.39 bits per heavy atom. The number of esters is 1. The molecule has 1 aromatic rings. The van der Waals surface area contributed by atoms with Crippen molar-refractivity contribution in [1.82, 2.24) is 5.32 Å². The molecule has 0 radical (unpaired) electrons. The molecule has 0 saturated carbocycles. The number of thioether (sulfide) groups is 1. The molecule has 1 atom stereocenters. The van der Waals surface area contributed by atoms with Gasteiger partial charge in [0.15, 0.2) is 5.12 Å². The molecule has 126 valence electrons. The molecule has 0 bridgehead atoms. The number of nitrogens with one attached hydrogen (secondary N) is 1. The Kier molecular flexibility index (Phi) is 8.40. The summed E-state index contributed by atoms with van der Waals surface area (Å²) in [5.41, 5.74) is 1.02. The maximum absolute atomic E-state index is 12.3. The number of rotatable bonds is 8. The van der Waals surface area contributed by atoms with Crippen LogP contribution >= 0.6 is 11.8 Å². The van der Waals surface area contributed by atoms with E-state index < -0.39 is 5.97 Å². The SMILES string of the molecule is CC(=O)SCC(Cc1ccccc1)C(=O)NCC(=O)OC(C)C. The van der Waals surface area contributed by atoms with Gasteiger partial charge >= 0.3 is 5.97 Å². The van der Waals surface area contributed by atoms with Gasteiger partial charge in [-0.05, 0) is 25.8 Å². The first kappa shape index (κ1) is 19.2. The quantitative estimate of drug-likeness (QED) is 0.736. The lowest BCUT2D eigenvalue weighted by Gasteiger charge is -2.16. The summed E-state index contributed by atoms with van der Waals surface area (Å²) in [5.74, 6) is -0.706. The summed E-state index contributed by atoms with van der Waals surface area (Å²) in [4.78, 5) is 35.0. The van der Waals surface area contributed by atoms with Gasteiger partial charge in [-0.15, -0.1) is 0 Å². The van der Waals surface area contributed by atoms with Crippen molar-refractivity contribution in [2.45, 2.75) is 33.3 Å². The van der Waals surface area contributed by atoms with Crippen molar-refractivity contribution < 1.29 is 19.1 Å². The Labute approximate surface area is 141 Å². The summed E-state index contributed by atoms with van der Waals surface area (Å²) >= 11 is 1.12. The third kappa shape index (κ3) is 8.40. The Morgan fingerprint density at radius 2 is 1.83 bits per heavy atom. The minimum absolute atomic E-state index is 0.0323. The van der Waals surface area contributed by atoms with Gasteiger partial charge in [0, 0.05) is 12.7 Å². The molecule has 0 spiro atoms. The molecule has 0 aromatic heterocycles. The van der Waals surface area contributed by atoms with Gasteiger partial charge in [0.25, 0.3) is 0 Å². The van der Waals surface area contributed by atoms with Crippen molar-refractivity contribution in [1.29, 1.82) is 0 Å². The molecule has 0 fully saturated rings. The number of hydrogen-bond acceptors (Lipinski definition) is 5. The minimum Gasteiger partial charge on any atom is -0.462 e. The average Bonchev–Trinajstić information content (AvgIpc) is 2.49. The number of carbonyl (C=O) groups is 3. The van der Waals surface area contributed by atoms with E-state index in [1.54, 1.807) is 13.8 Å². The smallest absolute Gasteiger partial charge is 0.325 e. The van der Waals surface area contributed by atoms with Crippen LogP contribution in [0.5, 0.6) is 0 Å². The fourth-order valence-electron chi connectivity index (χ4n) is 1.95. The molecule has 0 aliphatic heterocycles. The van der Waals surface area contributed by atoms with Crippen molar-refractivity contribution in [2.24, 2.45) is 5.92 Å². The standard InChI is InChI=1S/C17H23NO4S/c1-12(2)22-16(20)10-18-17(21)15(11-23-13(3)19)9-14-7-5-4-6-8-14/h4-8,12,15H,9-11H2,1-3H3,(H,18,21). The van der Waals surface area contributed by atoms with Crippen LogP contribution in [0.1, 0.15) is 26.3 Å². The Morgan fingerprint density at radius 1 is 1.17 bits per heavy atom. The maximum Gasteiger partial charge on any atom is 0.325 e. The molecule has 1 unspecified atom stereocenters. The topological polar surface area (TPSA) is 72.5 Å². The van der Waals surface area contributed by atoms with Crippen LogP contribution in [0.25, 0.3) is 0 Å². The Hall–Kier alpha value is -1.82. The second-order valence-electron chi connectivity index (χ2n) is 5.45. The van der Waals surface area contributed by atoms with Crippen molar-refractivity contribution >= 4 is 28.8 Å². The van der Waals surface area contributed by atoms with Crippen molar-refractivity contribution in [3.05, 3.63) is 35.9 Å². The monoisotopic (exact) mass is 337 g/mol. The highest BCUT2D eigenvalue weighted by Crippen LogP contribution is 2.15. The predicted octanol–water partition coefficient (Wildman–Crippen LogP) is 2.19. The molecular formula is C17H23NO4S. The van der Waals surface area contributed by atoms with Gasteiger partial charge in [-0.2, -0.15) is 0 Å². The van der Waals surface area contributed by atoms with Gasteiger partial charge in [-0.1, -0.05) is 42.1 Å². The van der Waals surface area contributed by atoms with Gasteiger partial charge in [0.1, 0.15) is 6.54 Å². The van der Waals surface area contributed by atoms with Crippen LogP contribution in [0, 0.1) is 5.92 Å². The lowest BCUT2D eigenvalue weighted by molar-refractivity contribution is -0.147. The van der Waals surface area contributed by atoms with Crippen molar-refractivity contribution in [2.75, 3.05) is 12.3 Å². The first-order chi connectivity index (χ1) is 10.9. The number of hydrogen-bond donors (Lipinski definition) is 1. The van der Waals surface area contributed by atoms with E-state index in [2.05, 4.69) is 5.32 Å². The van der Waals surface area contributed by atoms with Crippen LogP contribution in [0.4, 0.5) is 0 Å². The van der Waals surface area contributed by atoms with Crippen LogP contribution in [0.15, 0.2) is 30.3 Å². The molecule has 23 heavy (non-hydrogen) atoms. The zero-order valence-electron chi connectivity index (χ0n) is 13.7. The van der Waals surface area contributed by atoms with E-state index in [1.165, 1.54) is 6.92 Å². The normalized spacial score (nSPS) is 11.8. The molecule has 1 rings (SSSR count). The van der Waals surface area contributed by atoms with E-state index >= 15 is 0 Å². The van der Waals surface area contributed by atoms with Gasteiger partial charge in [-0.3, -0.25) is 14.4 Å². The van der Waals surface area contributed by atoms with Gasteiger partial charge in [0.2, 0.25) is 5.91 Å². The Balaban J connectivity index is 2.61. The lowest BCUT2D eigenvalue weighted by Crippen LogP contribution is -2.37.